The number of phosphoric acid groups is 1. The van der Waals surface area contributed by atoms with Crippen molar-refractivity contribution in [3.05, 3.63) is 65.2 Å². The Hall–Kier alpha value is -2.55. The second-order valence-corrected chi connectivity index (χ2v) is 11.5. The Kier molecular flexibility index (Phi) is 12.6. The smallest absolute Gasteiger partial charge is 0.356 e. The molecule has 0 aliphatic carbocycles. The van der Waals surface area contributed by atoms with E-state index in [-0.39, 0.29) is 24.3 Å². The number of hydrogen-bond acceptors (Lipinski definition) is 5. The molecule has 9 nitrogen and oxygen atoms in total. The first kappa shape index (κ1) is 31.0. The number of benzene rings is 2. The zero-order chi connectivity index (χ0) is 28.1. The first-order chi connectivity index (χ1) is 18.7. The van der Waals surface area contributed by atoms with Crippen LogP contribution in [0.4, 0.5) is 5.69 Å². The number of unbranched alkanes of at least 4 members (excludes halogenated alkanes) is 5. The number of nitrogens with zero attached hydrogens (tertiary/aromatic N) is 1. The number of anilines is 1. The highest BCUT2D eigenvalue weighted by Gasteiger charge is 2.26. The van der Waals surface area contributed by atoms with Gasteiger partial charge in [-0.05, 0) is 55.5 Å². The van der Waals surface area contributed by atoms with Crippen molar-refractivity contribution in [3.63, 3.8) is 0 Å². The van der Waals surface area contributed by atoms with Crippen LogP contribution in [-0.4, -0.2) is 53.2 Å². The predicted molar refractivity (Wildman–Crippen MR) is 152 cm³/mol. The van der Waals surface area contributed by atoms with Crippen LogP contribution in [0.15, 0.2) is 48.5 Å². The molecule has 0 bridgehead atoms. The summed E-state index contributed by atoms with van der Waals surface area (Å²) in [6, 6.07) is 16.7. The van der Waals surface area contributed by atoms with Crippen molar-refractivity contribution in [2.45, 2.75) is 70.3 Å². The number of hydrogen-bond donors (Lipinski definition) is 4. The van der Waals surface area contributed by atoms with Gasteiger partial charge in [-0.1, -0.05) is 61.7 Å². The van der Waals surface area contributed by atoms with Crippen LogP contribution in [-0.2, 0) is 25.2 Å². The summed E-state index contributed by atoms with van der Waals surface area (Å²) in [5.74, 6) is 0.303. The van der Waals surface area contributed by atoms with Crippen LogP contribution < -0.4 is 10.6 Å². The maximum Gasteiger partial charge on any atom is 0.469 e. The Labute approximate surface area is 231 Å². The van der Waals surface area contributed by atoms with E-state index in [1.165, 1.54) is 16.7 Å². The third kappa shape index (κ3) is 11.2. The number of carbonyl (C=O) groups is 2. The van der Waals surface area contributed by atoms with Crippen molar-refractivity contribution in [1.29, 1.82) is 0 Å². The summed E-state index contributed by atoms with van der Waals surface area (Å²) in [6.45, 7) is 2.37. The number of carbonyl (C=O) groups excluding carboxylic acids is 2. The molecule has 10 heteroatoms. The molecular weight excluding hydrogens is 517 g/mol. The summed E-state index contributed by atoms with van der Waals surface area (Å²) in [6.07, 6.45) is 6.17. The first-order valence-electron chi connectivity index (χ1n) is 13.8. The van der Waals surface area contributed by atoms with Gasteiger partial charge in [-0.2, -0.15) is 0 Å². The van der Waals surface area contributed by atoms with E-state index in [0.717, 1.165) is 57.3 Å². The molecule has 2 aromatic rings. The second kappa shape index (κ2) is 15.9. The average Bonchev–Trinajstić information content (AvgIpc) is 2.90. The summed E-state index contributed by atoms with van der Waals surface area (Å²) in [7, 11) is -2.27. The highest BCUT2D eigenvalue weighted by atomic mass is 31.2. The minimum absolute atomic E-state index is 0.00633. The zero-order valence-electron chi connectivity index (χ0n) is 22.8. The summed E-state index contributed by atoms with van der Waals surface area (Å²) in [5, 5.41) is 6.06. The standard InChI is InChI=1S/C29H42N3O6P/c1-32-21-25(23-13-6-4-7-14-23)24-15-12-16-27(26(24)22-32)31-29(34)18-9-5-10-19-30-28(33)17-8-2-3-11-20-38-39(35,36)37/h4,6-7,12-16,25H,2-3,5,8-11,17-22H2,1H3,(H,30,33)(H,31,34)(H2,35,36,37). The minimum atomic E-state index is -4.39. The van der Waals surface area contributed by atoms with Crippen LogP contribution >= 0.6 is 7.82 Å². The number of fused-ring (bicyclic) bond motifs is 1. The van der Waals surface area contributed by atoms with Gasteiger partial charge in [0.2, 0.25) is 11.8 Å². The molecule has 0 fully saturated rings. The number of rotatable bonds is 16. The molecule has 0 saturated carbocycles. The maximum atomic E-state index is 12.7. The van der Waals surface area contributed by atoms with Crippen molar-refractivity contribution >= 4 is 25.3 Å². The van der Waals surface area contributed by atoms with Gasteiger partial charge in [0.15, 0.2) is 0 Å². The molecule has 0 spiro atoms. The molecule has 2 aromatic carbocycles. The van der Waals surface area contributed by atoms with Crippen LogP contribution in [0.2, 0.25) is 0 Å². The average molecular weight is 560 g/mol. The number of nitrogens with one attached hydrogen (secondary N) is 2. The lowest BCUT2D eigenvalue weighted by Gasteiger charge is -2.34. The molecule has 1 aliphatic rings. The Bertz CT molecular complexity index is 1110. The van der Waals surface area contributed by atoms with Crippen molar-refractivity contribution in [2.75, 3.05) is 32.1 Å². The maximum absolute atomic E-state index is 12.7. The zero-order valence-corrected chi connectivity index (χ0v) is 23.7. The molecule has 1 unspecified atom stereocenters. The molecule has 1 heterocycles. The largest absolute Gasteiger partial charge is 0.469 e. The van der Waals surface area contributed by atoms with E-state index in [4.69, 9.17) is 9.79 Å². The quantitative estimate of drug-likeness (QED) is 0.169. The Morgan fingerprint density at radius 1 is 0.923 bits per heavy atom. The molecule has 3 rings (SSSR count). The molecule has 4 N–H and O–H groups in total. The van der Waals surface area contributed by atoms with Gasteiger partial charge in [0, 0.05) is 44.1 Å². The number of likely N-dealkylation sites (N-methyl/N-ethyl adjacent to an activating group) is 1. The van der Waals surface area contributed by atoms with E-state index in [1.54, 1.807) is 0 Å². The van der Waals surface area contributed by atoms with E-state index in [1.807, 2.05) is 18.2 Å². The van der Waals surface area contributed by atoms with Gasteiger partial charge in [0.05, 0.1) is 6.61 Å². The fourth-order valence-electron chi connectivity index (χ4n) is 4.98. The lowest BCUT2D eigenvalue weighted by Crippen LogP contribution is -2.32. The molecule has 1 aliphatic heterocycles. The van der Waals surface area contributed by atoms with Gasteiger partial charge < -0.3 is 25.3 Å². The molecule has 1 atom stereocenters. The topological polar surface area (TPSA) is 128 Å². The van der Waals surface area contributed by atoms with Crippen LogP contribution in [0.3, 0.4) is 0 Å². The lowest BCUT2D eigenvalue weighted by atomic mass is 9.84. The molecule has 2 amide bonds. The van der Waals surface area contributed by atoms with Crippen molar-refractivity contribution in [2.24, 2.45) is 0 Å². The summed E-state index contributed by atoms with van der Waals surface area (Å²) >= 11 is 0. The summed E-state index contributed by atoms with van der Waals surface area (Å²) in [5.41, 5.74) is 4.64. The van der Waals surface area contributed by atoms with Gasteiger partial charge in [-0.3, -0.25) is 14.1 Å². The predicted octanol–water partition coefficient (Wildman–Crippen LogP) is 4.94. The first-order valence-corrected chi connectivity index (χ1v) is 15.4. The number of amides is 2. The van der Waals surface area contributed by atoms with Crippen LogP contribution in [0.25, 0.3) is 0 Å². The number of phosphoric ester groups is 1. The fourth-order valence-corrected chi connectivity index (χ4v) is 5.35. The van der Waals surface area contributed by atoms with Crippen LogP contribution in [0.1, 0.15) is 80.4 Å². The van der Waals surface area contributed by atoms with Crippen molar-refractivity contribution in [3.8, 4) is 0 Å². The monoisotopic (exact) mass is 559 g/mol. The fraction of sp³-hybridized carbons (Fsp3) is 0.517. The molecule has 0 radical (unpaired) electrons. The van der Waals surface area contributed by atoms with Gasteiger partial charge >= 0.3 is 7.82 Å². The highest BCUT2D eigenvalue weighted by Crippen LogP contribution is 2.37. The molecule has 0 saturated heterocycles. The third-order valence-corrected chi connectivity index (χ3v) is 7.47. The summed E-state index contributed by atoms with van der Waals surface area (Å²) in [4.78, 5) is 44.2. The Morgan fingerprint density at radius 3 is 2.36 bits per heavy atom. The van der Waals surface area contributed by atoms with Gasteiger partial charge in [0.25, 0.3) is 0 Å². The molecule has 39 heavy (non-hydrogen) atoms. The van der Waals surface area contributed by atoms with Crippen molar-refractivity contribution in [1.82, 2.24) is 10.2 Å². The Balaban J connectivity index is 1.30. The van der Waals surface area contributed by atoms with Crippen LogP contribution in [0, 0.1) is 0 Å². The second-order valence-electron chi connectivity index (χ2n) is 10.2. The van der Waals surface area contributed by atoms with E-state index >= 15 is 0 Å². The molecule has 214 valence electrons. The summed E-state index contributed by atoms with van der Waals surface area (Å²) < 4.78 is 15.0. The Morgan fingerprint density at radius 2 is 1.62 bits per heavy atom. The van der Waals surface area contributed by atoms with E-state index in [2.05, 4.69) is 57.4 Å². The normalized spacial score (nSPS) is 15.5. The van der Waals surface area contributed by atoms with E-state index in [9.17, 15) is 14.2 Å². The van der Waals surface area contributed by atoms with Crippen LogP contribution in [0.5, 0.6) is 0 Å². The SMILES string of the molecule is CN1Cc2c(NC(=O)CCCCCNC(=O)CCCCCCOP(=O)(O)O)cccc2C(c2ccccc2)C1. The van der Waals surface area contributed by atoms with Gasteiger partial charge in [-0.25, -0.2) is 4.57 Å². The van der Waals surface area contributed by atoms with E-state index < -0.39 is 7.82 Å². The highest BCUT2D eigenvalue weighted by molar-refractivity contribution is 7.46. The van der Waals surface area contributed by atoms with E-state index in [0.29, 0.717) is 25.8 Å². The van der Waals surface area contributed by atoms with Crippen molar-refractivity contribution < 1.29 is 28.5 Å². The lowest BCUT2D eigenvalue weighted by molar-refractivity contribution is -0.121. The molecule has 0 aromatic heterocycles. The molecular formula is C29H42N3O6P. The third-order valence-electron chi connectivity index (χ3n) is 6.95. The minimum Gasteiger partial charge on any atom is -0.356 e. The van der Waals surface area contributed by atoms with Gasteiger partial charge in [-0.15, -0.1) is 0 Å². The van der Waals surface area contributed by atoms with Gasteiger partial charge in [0.1, 0.15) is 0 Å².